The molecule has 1 N–H and O–H groups in total. The number of nitrogens with zero attached hydrogens (tertiary/aromatic N) is 6. The molecular weight excluding hydrogens is 646 g/mol. The highest BCUT2D eigenvalue weighted by Crippen LogP contribution is 2.33. The van der Waals surface area contributed by atoms with Crippen LogP contribution in [0.5, 0.6) is 0 Å². The van der Waals surface area contributed by atoms with Gasteiger partial charge in [-0.2, -0.15) is 0 Å². The average molecular weight is 700 g/mol. The predicted octanol–water partition coefficient (Wildman–Crippen LogP) is 4.37. The minimum atomic E-state index is -0.984. The normalized spacial score (nSPS) is 20.6. The fourth-order valence-corrected chi connectivity index (χ4v) is 9.05. The first kappa shape index (κ1) is 35.1. The quantitative estimate of drug-likeness (QED) is 0.409. The molecule has 5 heterocycles. The van der Waals surface area contributed by atoms with E-state index in [2.05, 4.69) is 17.3 Å². The number of amides is 4. The molecule has 7 rings (SSSR count). The van der Waals surface area contributed by atoms with Crippen LogP contribution >= 0.6 is 0 Å². The Labute approximate surface area is 300 Å². The molecule has 0 radical (unpaired) electrons. The minimum Gasteiger partial charge on any atom is -0.436 e. The summed E-state index contributed by atoms with van der Waals surface area (Å²) in [6, 6.07) is 11.8. The second kappa shape index (κ2) is 14.7. The summed E-state index contributed by atoms with van der Waals surface area (Å²) in [4.78, 5) is 61.8. The molecule has 12 heteroatoms. The third kappa shape index (κ3) is 7.24. The molecule has 0 unspecified atom stereocenters. The number of para-hydroxylation sites is 1. The summed E-state index contributed by atoms with van der Waals surface area (Å²) < 4.78 is 9.43. The summed E-state index contributed by atoms with van der Waals surface area (Å²) in [5.74, 6) is 1.17. The molecule has 274 valence electrons. The molecule has 1 aromatic heterocycles. The summed E-state index contributed by atoms with van der Waals surface area (Å²) in [6.45, 7) is 7.09. The van der Waals surface area contributed by atoms with E-state index in [1.807, 2.05) is 53.1 Å². The molecule has 0 bridgehead atoms. The molecule has 0 saturated carbocycles. The van der Waals surface area contributed by atoms with Gasteiger partial charge in [-0.3, -0.25) is 13.9 Å². The number of hydrogen-bond donors (Lipinski definition) is 1. The number of rotatable bonds is 6. The number of urea groups is 1. The fourth-order valence-electron chi connectivity index (χ4n) is 9.05. The monoisotopic (exact) mass is 699 g/mol. The molecule has 3 fully saturated rings. The van der Waals surface area contributed by atoms with Crippen LogP contribution in [0.15, 0.2) is 41.2 Å². The molecule has 4 aliphatic heterocycles. The van der Waals surface area contributed by atoms with Gasteiger partial charge in [-0.25, -0.2) is 14.4 Å². The van der Waals surface area contributed by atoms with Crippen LogP contribution < -0.4 is 11.0 Å². The minimum absolute atomic E-state index is 0.0128. The molecule has 3 saturated heterocycles. The second-order valence-corrected chi connectivity index (χ2v) is 15.3. The number of ether oxygens (including phenoxy) is 1. The fraction of sp³-hybridized carbons (Fsp3) is 0.590. The zero-order chi connectivity index (χ0) is 35.8. The second-order valence-electron chi connectivity index (χ2n) is 15.3. The highest BCUT2D eigenvalue weighted by molar-refractivity contribution is 5.91. The van der Waals surface area contributed by atoms with E-state index >= 15 is 0 Å². The van der Waals surface area contributed by atoms with Crippen molar-refractivity contribution in [1.29, 1.82) is 0 Å². The Hall–Kier alpha value is -4.32. The predicted molar refractivity (Wildman–Crippen MR) is 197 cm³/mol. The summed E-state index contributed by atoms with van der Waals surface area (Å²) in [5, 5.41) is 3.06. The Morgan fingerprint density at radius 3 is 2.18 bits per heavy atom. The SMILES string of the molecule is Cc1cc(C[C@@H](OC(=O)N2CCC(N3CCc4ccccc4NC3=O)CC2)C(=O)N2CCC(C3CCN(C)CC3)CC2)cc2c1n(C)c(=O)n2C. The van der Waals surface area contributed by atoms with Gasteiger partial charge in [-0.05, 0) is 113 Å². The first-order valence-corrected chi connectivity index (χ1v) is 18.8. The lowest BCUT2D eigenvalue weighted by atomic mass is 9.79. The number of anilines is 1. The molecule has 1 atom stereocenters. The molecule has 3 aromatic rings. The van der Waals surface area contributed by atoms with Gasteiger partial charge in [0.2, 0.25) is 0 Å². The van der Waals surface area contributed by atoms with E-state index in [1.54, 1.807) is 28.1 Å². The Balaban J connectivity index is 1.03. The van der Waals surface area contributed by atoms with Crippen molar-refractivity contribution in [3.8, 4) is 0 Å². The number of fused-ring (bicyclic) bond motifs is 2. The Morgan fingerprint density at radius 1 is 0.824 bits per heavy atom. The van der Waals surface area contributed by atoms with Crippen molar-refractivity contribution in [2.75, 3.05) is 58.2 Å². The number of imidazole rings is 1. The number of likely N-dealkylation sites (tertiary alicyclic amines) is 3. The van der Waals surface area contributed by atoms with Crippen LogP contribution in [-0.4, -0.2) is 112 Å². The van der Waals surface area contributed by atoms with Crippen molar-refractivity contribution < 1.29 is 19.1 Å². The number of carbonyl (C=O) groups is 3. The number of piperidine rings is 3. The Kier molecular flexibility index (Phi) is 10.1. The number of benzene rings is 2. The van der Waals surface area contributed by atoms with Crippen LogP contribution in [0.25, 0.3) is 11.0 Å². The van der Waals surface area contributed by atoms with E-state index in [1.165, 1.54) is 12.8 Å². The van der Waals surface area contributed by atoms with Gasteiger partial charge < -0.3 is 29.7 Å². The van der Waals surface area contributed by atoms with E-state index in [4.69, 9.17) is 4.74 Å². The van der Waals surface area contributed by atoms with Gasteiger partial charge in [0.1, 0.15) is 0 Å². The Morgan fingerprint density at radius 2 is 1.47 bits per heavy atom. The van der Waals surface area contributed by atoms with Gasteiger partial charge in [0.25, 0.3) is 5.91 Å². The van der Waals surface area contributed by atoms with Gasteiger partial charge in [0.05, 0.1) is 11.0 Å². The lowest BCUT2D eigenvalue weighted by molar-refractivity contribution is -0.142. The van der Waals surface area contributed by atoms with E-state index in [9.17, 15) is 19.2 Å². The van der Waals surface area contributed by atoms with E-state index < -0.39 is 12.2 Å². The smallest absolute Gasteiger partial charge is 0.410 e. The summed E-state index contributed by atoms with van der Waals surface area (Å²) in [6.07, 6.45) is 5.18. The van der Waals surface area contributed by atoms with Crippen LogP contribution in [0.3, 0.4) is 0 Å². The van der Waals surface area contributed by atoms with Crippen LogP contribution in [0.4, 0.5) is 15.3 Å². The van der Waals surface area contributed by atoms with Crippen molar-refractivity contribution >= 4 is 34.8 Å². The highest BCUT2D eigenvalue weighted by atomic mass is 16.6. The molecule has 4 aliphatic rings. The van der Waals surface area contributed by atoms with Crippen molar-refractivity contribution in [2.24, 2.45) is 25.9 Å². The van der Waals surface area contributed by atoms with Crippen LogP contribution in [0, 0.1) is 18.8 Å². The number of carbonyl (C=O) groups excluding carboxylic acids is 3. The average Bonchev–Trinajstić information content (AvgIpc) is 3.25. The summed E-state index contributed by atoms with van der Waals surface area (Å²) >= 11 is 0. The molecular formula is C39H53N7O5. The molecule has 4 amide bonds. The largest absolute Gasteiger partial charge is 0.436 e. The highest BCUT2D eigenvalue weighted by Gasteiger charge is 2.37. The lowest BCUT2D eigenvalue weighted by Crippen LogP contribution is -2.52. The van der Waals surface area contributed by atoms with Gasteiger partial charge in [-0.15, -0.1) is 0 Å². The number of hydrogen-bond acceptors (Lipinski definition) is 6. The topological polar surface area (TPSA) is 112 Å². The standard InChI is InChI=1S/C39H53N7O5/c1-26-23-27(24-33-35(26)43(4)38(49)42(33)3)25-34(36(47)44-18-11-29(12-19-44)28-9-16-41(2)17-10-28)51-39(50)45-20-14-31(15-21-45)46-22-13-30-7-5-6-8-32(30)40-37(46)48/h5-8,23-24,28-29,31,34H,9-22,25H2,1-4H3,(H,40,48)/t34-/m1/s1. The molecule has 0 spiro atoms. The lowest BCUT2D eigenvalue weighted by Gasteiger charge is -2.40. The van der Waals surface area contributed by atoms with Gasteiger partial charge in [0.15, 0.2) is 6.10 Å². The molecule has 12 nitrogen and oxygen atoms in total. The van der Waals surface area contributed by atoms with Gasteiger partial charge >= 0.3 is 17.8 Å². The van der Waals surface area contributed by atoms with Crippen molar-refractivity contribution in [3.63, 3.8) is 0 Å². The molecule has 51 heavy (non-hydrogen) atoms. The zero-order valence-corrected chi connectivity index (χ0v) is 30.6. The van der Waals surface area contributed by atoms with E-state index in [0.29, 0.717) is 57.4 Å². The van der Waals surface area contributed by atoms with Crippen molar-refractivity contribution in [3.05, 3.63) is 63.6 Å². The first-order chi connectivity index (χ1) is 24.6. The van der Waals surface area contributed by atoms with E-state index in [0.717, 1.165) is 65.8 Å². The molecule has 0 aliphatic carbocycles. The third-order valence-corrected chi connectivity index (χ3v) is 12.1. The summed E-state index contributed by atoms with van der Waals surface area (Å²) in [5.41, 5.74) is 5.30. The van der Waals surface area contributed by atoms with Crippen LogP contribution in [0.2, 0.25) is 0 Å². The van der Waals surface area contributed by atoms with Crippen LogP contribution in [0.1, 0.15) is 55.2 Å². The summed E-state index contributed by atoms with van der Waals surface area (Å²) in [7, 11) is 5.70. The Bertz CT molecular complexity index is 1830. The molecule has 2 aromatic carbocycles. The van der Waals surface area contributed by atoms with Crippen molar-refractivity contribution in [1.82, 2.24) is 28.7 Å². The third-order valence-electron chi connectivity index (χ3n) is 12.1. The zero-order valence-electron chi connectivity index (χ0n) is 30.6. The van der Waals surface area contributed by atoms with Crippen molar-refractivity contribution in [2.45, 2.75) is 70.4 Å². The van der Waals surface area contributed by atoms with Crippen LogP contribution in [-0.2, 0) is 36.5 Å². The maximum Gasteiger partial charge on any atom is 0.410 e. The first-order valence-electron chi connectivity index (χ1n) is 18.8. The van der Waals surface area contributed by atoms with Gasteiger partial charge in [0, 0.05) is 65.0 Å². The number of nitrogens with one attached hydrogen (secondary N) is 1. The van der Waals surface area contributed by atoms with Gasteiger partial charge in [-0.1, -0.05) is 24.3 Å². The van der Waals surface area contributed by atoms with E-state index in [-0.39, 0.29) is 30.1 Å². The number of aromatic nitrogens is 2. The maximum absolute atomic E-state index is 14.3. The number of aryl methyl sites for hydroxylation is 3. The maximum atomic E-state index is 14.3.